The van der Waals surface area contributed by atoms with Crippen LogP contribution in [-0.2, 0) is 9.53 Å². The number of amides is 1. The minimum Gasteiger partial charge on any atom is -0.372 e. The molecule has 1 saturated carbocycles. The highest BCUT2D eigenvalue weighted by molar-refractivity contribution is 5.79. The van der Waals surface area contributed by atoms with E-state index in [-0.39, 0.29) is 17.4 Å². The van der Waals surface area contributed by atoms with E-state index in [2.05, 4.69) is 5.32 Å². The lowest BCUT2D eigenvalue weighted by atomic mass is 9.83. The molecule has 18 heavy (non-hydrogen) atoms. The molecule has 1 aliphatic carbocycles. The second kappa shape index (κ2) is 5.20. The van der Waals surface area contributed by atoms with Crippen LogP contribution in [0.15, 0.2) is 0 Å². The lowest BCUT2D eigenvalue weighted by molar-refractivity contribution is -0.129. The van der Waals surface area contributed by atoms with Crippen molar-refractivity contribution in [2.24, 2.45) is 5.92 Å². The van der Waals surface area contributed by atoms with Crippen LogP contribution in [0.4, 0.5) is 0 Å². The molecule has 0 aromatic rings. The summed E-state index contributed by atoms with van der Waals surface area (Å²) in [5.74, 6) is 0.469. The van der Waals surface area contributed by atoms with Crippen molar-refractivity contribution >= 4 is 5.91 Å². The van der Waals surface area contributed by atoms with Gasteiger partial charge in [-0.2, -0.15) is 0 Å². The van der Waals surface area contributed by atoms with Gasteiger partial charge in [0.25, 0.3) is 0 Å². The Balaban J connectivity index is 1.53. The third-order valence-electron chi connectivity index (χ3n) is 5.05. The minimum absolute atomic E-state index is 0.202. The molecule has 3 fully saturated rings. The van der Waals surface area contributed by atoms with E-state index in [9.17, 15) is 4.79 Å². The van der Waals surface area contributed by atoms with Gasteiger partial charge in [-0.25, -0.2) is 0 Å². The SMILES string of the molecule is O=C1NCCCC1CC1CCC2(CCCCC2)O1. The molecule has 2 heterocycles. The molecule has 3 rings (SSSR count). The van der Waals surface area contributed by atoms with Gasteiger partial charge in [0.1, 0.15) is 0 Å². The third-order valence-corrected chi connectivity index (χ3v) is 5.05. The molecule has 3 aliphatic rings. The van der Waals surface area contributed by atoms with Crippen LogP contribution in [-0.4, -0.2) is 24.2 Å². The van der Waals surface area contributed by atoms with Crippen molar-refractivity contribution in [1.82, 2.24) is 5.32 Å². The number of hydrogen-bond acceptors (Lipinski definition) is 2. The molecule has 2 saturated heterocycles. The first-order valence-electron chi connectivity index (χ1n) is 7.73. The fourth-order valence-corrected chi connectivity index (χ4v) is 4.00. The molecule has 2 atom stereocenters. The average molecular weight is 251 g/mol. The van der Waals surface area contributed by atoms with E-state index in [0.29, 0.717) is 6.10 Å². The van der Waals surface area contributed by atoms with Crippen LogP contribution < -0.4 is 5.32 Å². The molecule has 0 aromatic carbocycles. The summed E-state index contributed by atoms with van der Waals surface area (Å²) in [7, 11) is 0. The van der Waals surface area contributed by atoms with Crippen molar-refractivity contribution in [3.8, 4) is 0 Å². The van der Waals surface area contributed by atoms with E-state index in [4.69, 9.17) is 4.74 Å². The van der Waals surface area contributed by atoms with Crippen LogP contribution >= 0.6 is 0 Å². The molecule has 3 heteroatoms. The highest BCUT2D eigenvalue weighted by atomic mass is 16.5. The first-order valence-corrected chi connectivity index (χ1v) is 7.73. The quantitative estimate of drug-likeness (QED) is 0.819. The maximum Gasteiger partial charge on any atom is 0.223 e. The topological polar surface area (TPSA) is 38.3 Å². The maximum atomic E-state index is 11.8. The number of rotatable bonds is 2. The van der Waals surface area contributed by atoms with E-state index in [1.807, 2.05) is 0 Å². The fourth-order valence-electron chi connectivity index (χ4n) is 4.00. The number of nitrogens with one attached hydrogen (secondary N) is 1. The molecule has 1 amide bonds. The van der Waals surface area contributed by atoms with Gasteiger partial charge in [-0.05, 0) is 44.9 Å². The second-order valence-electron chi connectivity index (χ2n) is 6.39. The van der Waals surface area contributed by atoms with Crippen LogP contribution in [0.2, 0.25) is 0 Å². The number of hydrogen-bond donors (Lipinski definition) is 1. The summed E-state index contributed by atoms with van der Waals surface area (Å²) < 4.78 is 6.36. The lowest BCUT2D eigenvalue weighted by Gasteiger charge is -2.34. The molecule has 1 N–H and O–H groups in total. The molecule has 0 bridgehead atoms. The third kappa shape index (κ3) is 2.56. The Bertz CT molecular complexity index is 310. The molecule has 3 nitrogen and oxygen atoms in total. The Morgan fingerprint density at radius 3 is 2.72 bits per heavy atom. The summed E-state index contributed by atoms with van der Waals surface area (Å²) in [5.41, 5.74) is 0.202. The summed E-state index contributed by atoms with van der Waals surface area (Å²) in [4.78, 5) is 11.8. The van der Waals surface area contributed by atoms with E-state index in [1.54, 1.807) is 0 Å². The fraction of sp³-hybridized carbons (Fsp3) is 0.933. The maximum absolute atomic E-state index is 11.8. The summed E-state index contributed by atoms with van der Waals surface area (Å²) in [6.07, 6.45) is 12.4. The van der Waals surface area contributed by atoms with Gasteiger partial charge in [0.15, 0.2) is 0 Å². The normalized spacial score (nSPS) is 35.7. The standard InChI is InChI=1S/C15H25NO2/c17-14-12(5-4-10-16-14)11-13-6-9-15(18-13)7-2-1-3-8-15/h12-13H,1-11H2,(H,16,17). The largest absolute Gasteiger partial charge is 0.372 e. The molecule has 2 aliphatic heterocycles. The van der Waals surface area contributed by atoms with Crippen molar-refractivity contribution in [3.63, 3.8) is 0 Å². The minimum atomic E-state index is 0.202. The molecule has 0 aromatic heterocycles. The van der Waals surface area contributed by atoms with Crippen LogP contribution in [0.3, 0.4) is 0 Å². The van der Waals surface area contributed by atoms with Crippen molar-refractivity contribution in [2.45, 2.75) is 75.9 Å². The van der Waals surface area contributed by atoms with Gasteiger partial charge in [-0.3, -0.25) is 4.79 Å². The van der Waals surface area contributed by atoms with Crippen LogP contribution in [0.1, 0.15) is 64.2 Å². The van der Waals surface area contributed by atoms with Gasteiger partial charge in [-0.15, -0.1) is 0 Å². The number of piperidine rings is 1. The number of carbonyl (C=O) groups is 1. The smallest absolute Gasteiger partial charge is 0.223 e. The zero-order chi connectivity index (χ0) is 12.4. The average Bonchev–Trinajstić information content (AvgIpc) is 2.76. The molecular formula is C15H25NO2. The first-order chi connectivity index (χ1) is 8.77. The Morgan fingerprint density at radius 2 is 1.94 bits per heavy atom. The Labute approximate surface area is 110 Å². The van der Waals surface area contributed by atoms with Crippen LogP contribution in [0, 0.1) is 5.92 Å². The van der Waals surface area contributed by atoms with Gasteiger partial charge < -0.3 is 10.1 Å². The van der Waals surface area contributed by atoms with Gasteiger partial charge >= 0.3 is 0 Å². The van der Waals surface area contributed by atoms with E-state index >= 15 is 0 Å². The second-order valence-corrected chi connectivity index (χ2v) is 6.39. The highest BCUT2D eigenvalue weighted by Crippen LogP contribution is 2.43. The number of carbonyl (C=O) groups excluding carboxylic acids is 1. The summed E-state index contributed by atoms with van der Waals surface area (Å²) in [6.45, 7) is 0.866. The number of ether oxygens (including phenoxy) is 1. The zero-order valence-electron chi connectivity index (χ0n) is 11.2. The van der Waals surface area contributed by atoms with Crippen LogP contribution in [0.5, 0.6) is 0 Å². The molecule has 102 valence electrons. The van der Waals surface area contributed by atoms with Gasteiger partial charge in [-0.1, -0.05) is 19.3 Å². The van der Waals surface area contributed by atoms with Crippen molar-refractivity contribution in [3.05, 3.63) is 0 Å². The van der Waals surface area contributed by atoms with Gasteiger partial charge in [0, 0.05) is 12.5 Å². The summed E-state index contributed by atoms with van der Waals surface area (Å²) in [5, 5.41) is 2.98. The monoisotopic (exact) mass is 251 g/mol. The molecule has 1 spiro atoms. The van der Waals surface area contributed by atoms with E-state index < -0.39 is 0 Å². The van der Waals surface area contributed by atoms with Crippen molar-refractivity contribution in [2.75, 3.05) is 6.54 Å². The Hall–Kier alpha value is -0.570. The van der Waals surface area contributed by atoms with Gasteiger partial charge in [0.05, 0.1) is 11.7 Å². The predicted molar refractivity (Wildman–Crippen MR) is 70.3 cm³/mol. The molecular weight excluding hydrogens is 226 g/mol. The van der Waals surface area contributed by atoms with Crippen LogP contribution in [0.25, 0.3) is 0 Å². The molecule has 2 unspecified atom stereocenters. The summed E-state index contributed by atoms with van der Waals surface area (Å²) >= 11 is 0. The Kier molecular flexibility index (Phi) is 3.60. The van der Waals surface area contributed by atoms with Crippen molar-refractivity contribution < 1.29 is 9.53 Å². The highest BCUT2D eigenvalue weighted by Gasteiger charge is 2.41. The lowest BCUT2D eigenvalue weighted by Crippen LogP contribution is -2.38. The predicted octanol–water partition coefficient (Wildman–Crippen LogP) is 2.78. The summed E-state index contributed by atoms with van der Waals surface area (Å²) in [6, 6.07) is 0. The van der Waals surface area contributed by atoms with Crippen molar-refractivity contribution in [1.29, 1.82) is 0 Å². The first kappa shape index (κ1) is 12.5. The van der Waals surface area contributed by atoms with Gasteiger partial charge in [0.2, 0.25) is 5.91 Å². The zero-order valence-corrected chi connectivity index (χ0v) is 11.2. The van der Waals surface area contributed by atoms with E-state index in [1.165, 1.54) is 44.9 Å². The molecule has 0 radical (unpaired) electrons. The van der Waals surface area contributed by atoms with E-state index in [0.717, 1.165) is 25.8 Å². The Morgan fingerprint density at radius 1 is 1.11 bits per heavy atom.